The van der Waals surface area contributed by atoms with Crippen LogP contribution in [0, 0.1) is 0 Å². The maximum absolute atomic E-state index is 12.7. The first-order valence-electron chi connectivity index (χ1n) is 6.00. The zero-order valence-electron chi connectivity index (χ0n) is 10.9. The van der Waals surface area contributed by atoms with Crippen LogP contribution in [-0.2, 0) is 10.0 Å². The second-order valence-corrected chi connectivity index (χ2v) is 7.12. The number of nitrogens with zero attached hydrogens (tertiary/aromatic N) is 1. The molecule has 0 spiro atoms. The van der Waals surface area contributed by atoms with Crippen LogP contribution in [0.15, 0.2) is 47.4 Å². The van der Waals surface area contributed by atoms with E-state index in [1.54, 1.807) is 19.2 Å². The largest absolute Gasteiger partial charge is 0.243 e. The summed E-state index contributed by atoms with van der Waals surface area (Å²) in [6, 6.07) is 12.8. The van der Waals surface area contributed by atoms with Gasteiger partial charge in [0.15, 0.2) is 0 Å². The third-order valence-electron chi connectivity index (χ3n) is 3.25. The number of sulfonamides is 1. The molecule has 0 radical (unpaired) electrons. The van der Waals surface area contributed by atoms with E-state index in [0.717, 1.165) is 10.8 Å². The molecule has 2 rings (SSSR count). The topological polar surface area (TPSA) is 37.4 Å². The molecule has 0 saturated carbocycles. The Morgan fingerprint density at radius 2 is 1.79 bits per heavy atom. The van der Waals surface area contributed by atoms with Crippen molar-refractivity contribution in [3.63, 3.8) is 0 Å². The first kappa shape index (κ1) is 14.5. The highest BCUT2D eigenvalue weighted by Gasteiger charge is 2.26. The zero-order valence-corrected chi connectivity index (χ0v) is 13.3. The summed E-state index contributed by atoms with van der Waals surface area (Å²) in [5, 5.41) is 2.30. The van der Waals surface area contributed by atoms with Crippen molar-refractivity contribution in [2.75, 3.05) is 12.4 Å². The quantitative estimate of drug-likeness (QED) is 0.800. The van der Waals surface area contributed by atoms with E-state index in [1.807, 2.05) is 37.3 Å². The van der Waals surface area contributed by atoms with Gasteiger partial charge in [0.1, 0.15) is 0 Å². The van der Waals surface area contributed by atoms with E-state index < -0.39 is 10.0 Å². The minimum absolute atomic E-state index is 0.0935. The van der Waals surface area contributed by atoms with Crippen molar-refractivity contribution in [1.29, 1.82) is 0 Å². The van der Waals surface area contributed by atoms with Crippen LogP contribution < -0.4 is 0 Å². The molecule has 0 amide bonds. The molecule has 0 N–H and O–H groups in total. The van der Waals surface area contributed by atoms with Gasteiger partial charge in [-0.25, -0.2) is 8.42 Å². The SMILES string of the molecule is CC(CBr)N(C)S(=O)(=O)c1cccc2ccccc12. The maximum atomic E-state index is 12.7. The molecular formula is C14H16BrNO2S. The van der Waals surface area contributed by atoms with E-state index >= 15 is 0 Å². The van der Waals surface area contributed by atoms with Crippen molar-refractivity contribution in [3.8, 4) is 0 Å². The van der Waals surface area contributed by atoms with E-state index in [0.29, 0.717) is 10.2 Å². The van der Waals surface area contributed by atoms with E-state index in [4.69, 9.17) is 0 Å². The van der Waals surface area contributed by atoms with Gasteiger partial charge < -0.3 is 0 Å². The summed E-state index contributed by atoms with van der Waals surface area (Å²) >= 11 is 3.32. The lowest BCUT2D eigenvalue weighted by Crippen LogP contribution is -2.36. The van der Waals surface area contributed by atoms with Gasteiger partial charge in [-0.05, 0) is 18.4 Å². The second-order valence-electron chi connectivity index (χ2n) is 4.50. The van der Waals surface area contributed by atoms with Gasteiger partial charge in [-0.3, -0.25) is 0 Å². The van der Waals surface area contributed by atoms with Gasteiger partial charge in [-0.2, -0.15) is 4.31 Å². The fourth-order valence-corrected chi connectivity index (χ4v) is 4.11. The summed E-state index contributed by atoms with van der Waals surface area (Å²) in [6.07, 6.45) is 0. The van der Waals surface area contributed by atoms with Gasteiger partial charge in [0.2, 0.25) is 10.0 Å². The monoisotopic (exact) mass is 341 g/mol. The van der Waals surface area contributed by atoms with Crippen molar-refractivity contribution in [2.24, 2.45) is 0 Å². The molecule has 5 heteroatoms. The van der Waals surface area contributed by atoms with Crippen LogP contribution in [0.3, 0.4) is 0 Å². The third-order valence-corrected chi connectivity index (χ3v) is 6.22. The summed E-state index contributed by atoms with van der Waals surface area (Å²) in [6.45, 7) is 1.87. The van der Waals surface area contributed by atoms with E-state index in [1.165, 1.54) is 4.31 Å². The van der Waals surface area contributed by atoms with E-state index in [9.17, 15) is 8.42 Å². The maximum Gasteiger partial charge on any atom is 0.243 e. The van der Waals surface area contributed by atoms with Crippen molar-refractivity contribution in [1.82, 2.24) is 4.31 Å². The second kappa shape index (κ2) is 5.61. The van der Waals surface area contributed by atoms with E-state index in [-0.39, 0.29) is 6.04 Å². The molecule has 0 fully saturated rings. The average Bonchev–Trinajstić information content (AvgIpc) is 2.44. The Bertz CT molecular complexity index is 679. The molecule has 3 nitrogen and oxygen atoms in total. The van der Waals surface area contributed by atoms with Crippen LogP contribution in [0.1, 0.15) is 6.92 Å². The summed E-state index contributed by atoms with van der Waals surface area (Å²) < 4.78 is 26.7. The molecular weight excluding hydrogens is 326 g/mol. The highest BCUT2D eigenvalue weighted by molar-refractivity contribution is 9.09. The number of hydrogen-bond acceptors (Lipinski definition) is 2. The van der Waals surface area contributed by atoms with Crippen molar-refractivity contribution < 1.29 is 8.42 Å². The minimum Gasteiger partial charge on any atom is -0.207 e. The zero-order chi connectivity index (χ0) is 14.0. The van der Waals surface area contributed by atoms with E-state index in [2.05, 4.69) is 15.9 Å². The Morgan fingerprint density at radius 3 is 2.47 bits per heavy atom. The number of alkyl halides is 1. The van der Waals surface area contributed by atoms with Crippen LogP contribution in [0.25, 0.3) is 10.8 Å². The Morgan fingerprint density at radius 1 is 1.16 bits per heavy atom. The molecule has 0 heterocycles. The molecule has 0 saturated heterocycles. The van der Waals surface area contributed by atoms with Gasteiger partial charge >= 0.3 is 0 Å². The van der Waals surface area contributed by atoms with Crippen LogP contribution in [-0.4, -0.2) is 31.1 Å². The number of hydrogen-bond donors (Lipinski definition) is 0. The summed E-state index contributed by atoms with van der Waals surface area (Å²) in [5.74, 6) is 0. The number of halogens is 1. The van der Waals surface area contributed by atoms with Gasteiger partial charge in [0.25, 0.3) is 0 Å². The summed E-state index contributed by atoms with van der Waals surface area (Å²) in [5.41, 5.74) is 0. The molecule has 1 unspecified atom stereocenters. The molecule has 2 aromatic carbocycles. The molecule has 0 bridgehead atoms. The normalized spacial score (nSPS) is 13.9. The van der Waals surface area contributed by atoms with Crippen LogP contribution in [0.2, 0.25) is 0 Å². The van der Waals surface area contributed by atoms with Crippen LogP contribution in [0.4, 0.5) is 0 Å². The smallest absolute Gasteiger partial charge is 0.207 e. The lowest BCUT2D eigenvalue weighted by Gasteiger charge is -2.23. The molecule has 2 aromatic rings. The van der Waals surface area contributed by atoms with Crippen molar-refractivity contribution >= 4 is 36.7 Å². The van der Waals surface area contributed by atoms with Gasteiger partial charge in [0, 0.05) is 23.8 Å². The molecule has 19 heavy (non-hydrogen) atoms. The van der Waals surface area contributed by atoms with Gasteiger partial charge in [-0.1, -0.05) is 52.3 Å². The molecule has 0 aliphatic rings. The average molecular weight is 342 g/mol. The fourth-order valence-electron chi connectivity index (χ4n) is 1.91. The fraction of sp³-hybridized carbons (Fsp3) is 0.286. The molecule has 1 atom stereocenters. The number of fused-ring (bicyclic) bond motifs is 1. The Labute approximate surface area is 122 Å². The Kier molecular flexibility index (Phi) is 4.28. The Hall–Kier alpha value is -0.910. The lowest BCUT2D eigenvalue weighted by atomic mass is 10.1. The Balaban J connectivity index is 2.61. The molecule has 0 aliphatic heterocycles. The lowest BCUT2D eigenvalue weighted by molar-refractivity contribution is 0.417. The standard InChI is InChI=1S/C14H16BrNO2S/c1-11(10-15)16(2)19(17,18)14-9-5-7-12-6-3-4-8-13(12)14/h3-9,11H,10H2,1-2H3. The molecule has 102 valence electrons. The highest BCUT2D eigenvalue weighted by atomic mass is 79.9. The van der Waals surface area contributed by atoms with Crippen LogP contribution >= 0.6 is 15.9 Å². The van der Waals surface area contributed by atoms with Crippen molar-refractivity contribution in [2.45, 2.75) is 17.9 Å². The first-order valence-corrected chi connectivity index (χ1v) is 8.56. The van der Waals surface area contributed by atoms with Crippen molar-refractivity contribution in [3.05, 3.63) is 42.5 Å². The first-order chi connectivity index (χ1) is 8.98. The van der Waals surface area contributed by atoms with Crippen LogP contribution in [0.5, 0.6) is 0 Å². The predicted octanol–water partition coefficient (Wildman–Crippen LogP) is 3.24. The summed E-state index contributed by atoms with van der Waals surface area (Å²) in [4.78, 5) is 0.362. The molecule has 0 aliphatic carbocycles. The van der Waals surface area contributed by atoms with Gasteiger partial charge in [-0.15, -0.1) is 0 Å². The number of rotatable bonds is 4. The predicted molar refractivity (Wildman–Crippen MR) is 82.2 cm³/mol. The number of benzene rings is 2. The molecule has 0 aromatic heterocycles. The minimum atomic E-state index is -3.47. The van der Waals surface area contributed by atoms with Gasteiger partial charge in [0.05, 0.1) is 4.90 Å². The highest BCUT2D eigenvalue weighted by Crippen LogP contribution is 2.26. The third kappa shape index (κ3) is 2.68. The summed E-state index contributed by atoms with van der Waals surface area (Å²) in [7, 11) is -1.86.